The number of aromatic hydroxyl groups is 1. The van der Waals surface area contributed by atoms with Crippen LogP contribution in [-0.4, -0.2) is 28.8 Å². The van der Waals surface area contributed by atoms with Gasteiger partial charge in [-0.05, 0) is 12.1 Å². The summed E-state index contributed by atoms with van der Waals surface area (Å²) in [5.74, 6) is 0.590. The highest BCUT2D eigenvalue weighted by molar-refractivity contribution is 5.97. The number of hydrogen-bond acceptors (Lipinski definition) is 3. The Morgan fingerprint density at radius 3 is 2.72 bits per heavy atom. The number of aromatic carboxylic acids is 1. The third-order valence-corrected chi connectivity index (χ3v) is 2.07. The molecule has 6 nitrogen and oxygen atoms in total. The molecule has 0 aliphatic rings. The van der Waals surface area contributed by atoms with Crippen molar-refractivity contribution in [3.8, 4) is 18.1 Å². The number of benzene rings is 1. The summed E-state index contributed by atoms with van der Waals surface area (Å²) in [5.41, 5.74) is -0.260. The molecule has 0 spiro atoms. The van der Waals surface area contributed by atoms with E-state index in [1.807, 2.05) is 0 Å². The molecule has 0 atom stereocenters. The fraction of sp³-hybridized carbons (Fsp3) is 0.167. The molecule has 0 aliphatic carbocycles. The van der Waals surface area contributed by atoms with Gasteiger partial charge in [-0.2, -0.15) is 0 Å². The SMILES string of the molecule is C#CCCNC(=O)Nc1cccc(C(=O)O)c1O. The molecule has 0 aromatic heterocycles. The van der Waals surface area contributed by atoms with Crippen molar-refractivity contribution in [3.05, 3.63) is 23.8 Å². The molecule has 1 aromatic carbocycles. The maximum absolute atomic E-state index is 11.4. The number of terminal acetylenes is 1. The first-order chi connectivity index (χ1) is 8.56. The number of nitrogens with one attached hydrogen (secondary N) is 2. The smallest absolute Gasteiger partial charge is 0.339 e. The van der Waals surface area contributed by atoms with E-state index in [1.165, 1.54) is 18.2 Å². The van der Waals surface area contributed by atoms with Crippen molar-refractivity contribution < 1.29 is 19.8 Å². The highest BCUT2D eigenvalue weighted by atomic mass is 16.4. The molecule has 0 aliphatic heterocycles. The summed E-state index contributed by atoms with van der Waals surface area (Å²) >= 11 is 0. The van der Waals surface area contributed by atoms with Gasteiger partial charge in [0.1, 0.15) is 5.56 Å². The summed E-state index contributed by atoms with van der Waals surface area (Å²) < 4.78 is 0. The average Bonchev–Trinajstić information content (AvgIpc) is 2.32. The molecular weight excluding hydrogens is 236 g/mol. The number of urea groups is 1. The van der Waals surface area contributed by atoms with Gasteiger partial charge in [0.25, 0.3) is 0 Å². The largest absolute Gasteiger partial charge is 0.505 e. The minimum atomic E-state index is -1.27. The second-order valence-electron chi connectivity index (χ2n) is 3.34. The van der Waals surface area contributed by atoms with Crippen LogP contribution in [0.2, 0.25) is 0 Å². The van der Waals surface area contributed by atoms with E-state index in [1.54, 1.807) is 0 Å². The molecule has 0 radical (unpaired) electrons. The van der Waals surface area contributed by atoms with E-state index in [-0.39, 0.29) is 11.3 Å². The van der Waals surface area contributed by atoms with Crippen LogP contribution in [-0.2, 0) is 0 Å². The lowest BCUT2D eigenvalue weighted by molar-refractivity contribution is 0.0694. The zero-order valence-electron chi connectivity index (χ0n) is 9.43. The number of carbonyl (C=O) groups is 2. The minimum absolute atomic E-state index is 0.0214. The van der Waals surface area contributed by atoms with Crippen molar-refractivity contribution >= 4 is 17.7 Å². The first kappa shape index (κ1) is 13.4. The second kappa shape index (κ2) is 6.15. The first-order valence-electron chi connectivity index (χ1n) is 5.10. The molecule has 0 fully saturated rings. The van der Waals surface area contributed by atoms with Crippen LogP contribution in [0.25, 0.3) is 0 Å². The van der Waals surface area contributed by atoms with Crippen LogP contribution in [0.3, 0.4) is 0 Å². The van der Waals surface area contributed by atoms with Crippen molar-refractivity contribution in [1.29, 1.82) is 0 Å². The van der Waals surface area contributed by atoms with Gasteiger partial charge in [0.15, 0.2) is 5.75 Å². The highest BCUT2D eigenvalue weighted by Gasteiger charge is 2.14. The molecule has 2 amide bonds. The van der Waals surface area contributed by atoms with Gasteiger partial charge in [-0.3, -0.25) is 0 Å². The van der Waals surface area contributed by atoms with Crippen LogP contribution in [0.1, 0.15) is 16.8 Å². The highest BCUT2D eigenvalue weighted by Crippen LogP contribution is 2.27. The number of carboxylic acids is 1. The second-order valence-corrected chi connectivity index (χ2v) is 3.34. The molecule has 1 aromatic rings. The number of anilines is 1. The summed E-state index contributed by atoms with van der Waals surface area (Å²) in [5, 5.41) is 23.2. The van der Waals surface area contributed by atoms with Crippen molar-refractivity contribution in [2.24, 2.45) is 0 Å². The van der Waals surface area contributed by atoms with Gasteiger partial charge in [-0.1, -0.05) is 6.07 Å². The molecule has 6 heteroatoms. The first-order valence-corrected chi connectivity index (χ1v) is 5.10. The van der Waals surface area contributed by atoms with Gasteiger partial charge in [0.2, 0.25) is 0 Å². The van der Waals surface area contributed by atoms with Crippen LogP contribution < -0.4 is 10.6 Å². The lowest BCUT2D eigenvalue weighted by atomic mass is 10.2. The van der Waals surface area contributed by atoms with Crippen LogP contribution in [0.15, 0.2) is 18.2 Å². The van der Waals surface area contributed by atoms with E-state index in [0.29, 0.717) is 13.0 Å². The monoisotopic (exact) mass is 248 g/mol. The quantitative estimate of drug-likeness (QED) is 0.366. The molecule has 18 heavy (non-hydrogen) atoms. The Kier molecular flexibility index (Phi) is 4.58. The third kappa shape index (κ3) is 3.42. The van der Waals surface area contributed by atoms with E-state index in [9.17, 15) is 14.7 Å². The predicted molar refractivity (Wildman–Crippen MR) is 65.5 cm³/mol. The lowest BCUT2D eigenvalue weighted by Gasteiger charge is -2.09. The zero-order valence-corrected chi connectivity index (χ0v) is 9.43. The van der Waals surface area contributed by atoms with E-state index >= 15 is 0 Å². The van der Waals surface area contributed by atoms with Crippen molar-refractivity contribution in [2.45, 2.75) is 6.42 Å². The summed E-state index contributed by atoms with van der Waals surface area (Å²) in [4.78, 5) is 22.1. The summed E-state index contributed by atoms with van der Waals surface area (Å²) in [6.45, 7) is 0.293. The molecule has 0 bridgehead atoms. The van der Waals surface area contributed by atoms with E-state index in [0.717, 1.165) is 0 Å². The molecule has 4 N–H and O–H groups in total. The fourth-order valence-electron chi connectivity index (χ4n) is 1.23. The van der Waals surface area contributed by atoms with Gasteiger partial charge in [-0.15, -0.1) is 12.3 Å². The van der Waals surface area contributed by atoms with E-state index < -0.39 is 17.7 Å². The topological polar surface area (TPSA) is 98.7 Å². The predicted octanol–water partition coefficient (Wildman–Crippen LogP) is 1.24. The molecule has 0 heterocycles. The Balaban J connectivity index is 2.74. The zero-order chi connectivity index (χ0) is 13.5. The normalized spacial score (nSPS) is 9.28. The molecule has 0 unspecified atom stereocenters. The lowest BCUT2D eigenvalue weighted by Crippen LogP contribution is -2.29. The van der Waals surface area contributed by atoms with Gasteiger partial charge in [0.05, 0.1) is 5.69 Å². The Morgan fingerprint density at radius 1 is 1.39 bits per heavy atom. The Labute approximate surface area is 104 Å². The minimum Gasteiger partial charge on any atom is -0.505 e. The Bertz CT molecular complexity index is 505. The number of carboxylic acid groups (broad SMARTS) is 1. The molecule has 0 saturated carbocycles. The van der Waals surface area contributed by atoms with Crippen LogP contribution in [0.4, 0.5) is 10.5 Å². The van der Waals surface area contributed by atoms with Crippen molar-refractivity contribution in [3.63, 3.8) is 0 Å². The molecular formula is C12H12N2O4. The number of carbonyl (C=O) groups excluding carboxylic acids is 1. The van der Waals surface area contributed by atoms with Crippen molar-refractivity contribution in [2.75, 3.05) is 11.9 Å². The number of para-hydroxylation sites is 1. The standard InChI is InChI=1S/C12H12N2O4/c1-2-3-7-13-12(18)14-9-6-4-5-8(10(9)15)11(16)17/h1,4-6,15H,3,7H2,(H,16,17)(H2,13,14,18). The van der Waals surface area contributed by atoms with Gasteiger partial charge >= 0.3 is 12.0 Å². The van der Waals surface area contributed by atoms with Crippen LogP contribution in [0, 0.1) is 12.3 Å². The number of rotatable bonds is 4. The Morgan fingerprint density at radius 2 is 2.11 bits per heavy atom. The third-order valence-electron chi connectivity index (χ3n) is 2.07. The fourth-order valence-corrected chi connectivity index (χ4v) is 1.23. The average molecular weight is 248 g/mol. The Hall–Kier alpha value is -2.68. The summed E-state index contributed by atoms with van der Waals surface area (Å²) in [6.07, 6.45) is 5.40. The van der Waals surface area contributed by atoms with E-state index in [4.69, 9.17) is 11.5 Å². The van der Waals surface area contributed by atoms with Gasteiger partial charge < -0.3 is 20.8 Å². The number of amides is 2. The van der Waals surface area contributed by atoms with Crippen LogP contribution >= 0.6 is 0 Å². The molecule has 94 valence electrons. The number of phenols is 1. The van der Waals surface area contributed by atoms with Crippen molar-refractivity contribution in [1.82, 2.24) is 5.32 Å². The summed E-state index contributed by atoms with van der Waals surface area (Å²) in [6, 6.07) is 3.48. The van der Waals surface area contributed by atoms with E-state index in [2.05, 4.69) is 16.6 Å². The summed E-state index contributed by atoms with van der Waals surface area (Å²) in [7, 11) is 0. The maximum atomic E-state index is 11.4. The van der Waals surface area contributed by atoms with Crippen LogP contribution in [0.5, 0.6) is 5.75 Å². The molecule has 0 saturated heterocycles. The number of hydrogen-bond donors (Lipinski definition) is 4. The molecule has 1 rings (SSSR count). The maximum Gasteiger partial charge on any atom is 0.339 e. The van der Waals surface area contributed by atoms with Gasteiger partial charge in [-0.25, -0.2) is 9.59 Å². The van der Waals surface area contributed by atoms with Gasteiger partial charge in [0, 0.05) is 13.0 Å².